The van der Waals surface area contributed by atoms with E-state index < -0.39 is 65.2 Å². The molecule has 45 heavy (non-hydrogen) atoms. The summed E-state index contributed by atoms with van der Waals surface area (Å²) < 4.78 is 78.8. The van der Waals surface area contributed by atoms with Gasteiger partial charge in [0.1, 0.15) is 5.82 Å². The van der Waals surface area contributed by atoms with E-state index in [9.17, 15) is 31.9 Å². The molecule has 1 atom stereocenters. The zero-order chi connectivity index (χ0) is 32.9. The number of rotatable bonds is 11. The number of carbonyl (C=O) groups is 1. The van der Waals surface area contributed by atoms with Crippen molar-refractivity contribution in [1.29, 1.82) is 0 Å². The van der Waals surface area contributed by atoms with E-state index in [1.54, 1.807) is 30.3 Å². The fourth-order valence-corrected chi connectivity index (χ4v) is 5.19. The van der Waals surface area contributed by atoms with Crippen LogP contribution in [-0.4, -0.2) is 28.0 Å². The quantitative estimate of drug-likeness (QED) is 0.155. The van der Waals surface area contributed by atoms with E-state index in [2.05, 4.69) is 5.32 Å². The van der Waals surface area contributed by atoms with Crippen molar-refractivity contribution in [2.24, 2.45) is 0 Å². The van der Waals surface area contributed by atoms with Crippen LogP contribution in [0.1, 0.15) is 41.3 Å². The van der Waals surface area contributed by atoms with Crippen molar-refractivity contribution in [2.45, 2.75) is 45.1 Å². The van der Waals surface area contributed by atoms with Gasteiger partial charge in [-0.3, -0.25) is 18.7 Å². The van der Waals surface area contributed by atoms with Crippen molar-refractivity contribution in [2.75, 3.05) is 13.0 Å². The Morgan fingerprint density at radius 2 is 1.67 bits per heavy atom. The highest BCUT2D eigenvalue weighted by atomic mass is 35.5. The third-order valence-corrected chi connectivity index (χ3v) is 7.59. The summed E-state index contributed by atoms with van der Waals surface area (Å²) in [4.78, 5) is 40.7. The maximum atomic E-state index is 15.6. The first-order valence-corrected chi connectivity index (χ1v) is 14.3. The third kappa shape index (κ3) is 7.28. The highest BCUT2D eigenvalue weighted by Gasteiger charge is 2.35. The lowest BCUT2D eigenvalue weighted by Gasteiger charge is -2.23. The van der Waals surface area contributed by atoms with Crippen molar-refractivity contribution in [3.63, 3.8) is 0 Å². The van der Waals surface area contributed by atoms with Gasteiger partial charge in [-0.25, -0.2) is 13.6 Å². The van der Waals surface area contributed by atoms with Gasteiger partial charge in [0.05, 0.1) is 37.4 Å². The van der Waals surface area contributed by atoms with Gasteiger partial charge in [0.25, 0.3) is 5.56 Å². The number of alkyl halides is 4. The lowest BCUT2D eigenvalue weighted by atomic mass is 10.0. The third-order valence-electron chi connectivity index (χ3n) is 7.32. The van der Waals surface area contributed by atoms with Gasteiger partial charge in [-0.1, -0.05) is 48.5 Å². The number of carbonyl (C=O) groups excluding carboxylic acids is 1. The highest BCUT2D eigenvalue weighted by Crippen LogP contribution is 2.34. The molecule has 0 aliphatic rings. The monoisotopic (exact) mass is 649 g/mol. The Balaban J connectivity index is 1.99. The van der Waals surface area contributed by atoms with E-state index in [0.717, 1.165) is 16.7 Å². The lowest BCUT2D eigenvalue weighted by molar-refractivity contribution is -0.138. The first-order valence-electron chi connectivity index (χ1n) is 13.8. The zero-order valence-corrected chi connectivity index (χ0v) is 25.0. The molecule has 0 unspecified atom stereocenters. The Labute approximate surface area is 259 Å². The van der Waals surface area contributed by atoms with Crippen LogP contribution >= 0.6 is 11.6 Å². The number of hydrogen-bond donors (Lipinski definition) is 1. The average Bonchev–Trinajstić information content (AvgIpc) is 3.01. The van der Waals surface area contributed by atoms with Crippen molar-refractivity contribution < 1.29 is 31.5 Å². The van der Waals surface area contributed by atoms with Crippen molar-refractivity contribution >= 4 is 17.5 Å². The molecule has 0 aliphatic carbocycles. The van der Waals surface area contributed by atoms with E-state index in [4.69, 9.17) is 16.3 Å². The van der Waals surface area contributed by atoms with Gasteiger partial charge in [0, 0.05) is 29.1 Å². The van der Waals surface area contributed by atoms with Crippen LogP contribution in [0.15, 0.2) is 76.3 Å². The molecule has 7 nitrogen and oxygen atoms in total. The van der Waals surface area contributed by atoms with E-state index >= 15 is 4.39 Å². The Bertz CT molecular complexity index is 1810. The number of aromatic nitrogens is 2. The molecule has 1 heterocycles. The van der Waals surface area contributed by atoms with Crippen LogP contribution in [-0.2, 0) is 24.1 Å². The molecule has 1 amide bonds. The van der Waals surface area contributed by atoms with Crippen LogP contribution in [0.3, 0.4) is 0 Å². The van der Waals surface area contributed by atoms with E-state index in [1.165, 1.54) is 32.2 Å². The minimum atomic E-state index is -4.96. The summed E-state index contributed by atoms with van der Waals surface area (Å²) in [6.45, 7) is -0.141. The molecule has 1 aromatic heterocycles. The average molecular weight is 650 g/mol. The number of benzene rings is 3. The van der Waals surface area contributed by atoms with Crippen LogP contribution in [0.5, 0.6) is 5.75 Å². The van der Waals surface area contributed by atoms with E-state index in [1.807, 2.05) is 0 Å². The summed E-state index contributed by atoms with van der Waals surface area (Å²) in [5.74, 6) is -2.61. The van der Waals surface area contributed by atoms with Gasteiger partial charge < -0.3 is 10.1 Å². The molecular weight excluding hydrogens is 621 g/mol. The van der Waals surface area contributed by atoms with Crippen LogP contribution in [0.4, 0.5) is 22.0 Å². The molecule has 1 N–H and O–H groups in total. The molecular formula is C32H29ClF5N3O4. The van der Waals surface area contributed by atoms with Gasteiger partial charge in [-0.2, -0.15) is 13.2 Å². The molecule has 0 spiro atoms. The van der Waals surface area contributed by atoms with Crippen molar-refractivity contribution in [3.05, 3.63) is 122 Å². The molecule has 0 saturated carbocycles. The summed E-state index contributed by atoms with van der Waals surface area (Å²) >= 11 is 5.72. The van der Waals surface area contributed by atoms with Gasteiger partial charge >= 0.3 is 11.9 Å². The second kappa shape index (κ2) is 14.1. The standard InChI is InChI=1S/C32H29ClF5N3O4/c1-19-28(21-11-6-14-26(45-2)29(21)35)30(43)41(18-25(20-9-4-3-5-10-20)39-27(42)15-8-16-33)31(44)40(19)17-22-23(32(36,37)38)12-7-13-24(22)34/h3-7,9-14,25H,8,15-18H2,1-2H3,(H,39,42)/t25-/m0/s1. The second-order valence-corrected chi connectivity index (χ2v) is 10.5. The molecule has 238 valence electrons. The lowest BCUT2D eigenvalue weighted by Crippen LogP contribution is -2.45. The summed E-state index contributed by atoms with van der Waals surface area (Å²) in [5.41, 5.74) is -4.54. The molecule has 0 radical (unpaired) electrons. The fourth-order valence-electron chi connectivity index (χ4n) is 5.06. The van der Waals surface area contributed by atoms with Crippen LogP contribution in [0, 0.1) is 18.6 Å². The number of hydrogen-bond acceptors (Lipinski definition) is 4. The van der Waals surface area contributed by atoms with Gasteiger partial charge in [0.15, 0.2) is 11.6 Å². The van der Waals surface area contributed by atoms with Crippen LogP contribution in [0.25, 0.3) is 11.1 Å². The van der Waals surface area contributed by atoms with Gasteiger partial charge in [-0.15, -0.1) is 11.6 Å². The number of amides is 1. The molecule has 0 saturated heterocycles. The van der Waals surface area contributed by atoms with E-state index in [-0.39, 0.29) is 34.9 Å². The molecule has 4 rings (SSSR count). The van der Waals surface area contributed by atoms with Crippen molar-refractivity contribution in [1.82, 2.24) is 14.5 Å². The fraction of sp³-hybridized carbons (Fsp3) is 0.281. The second-order valence-electron chi connectivity index (χ2n) is 10.2. The SMILES string of the molecule is COc1cccc(-c2c(C)n(Cc3c(F)cccc3C(F)(F)F)c(=O)n(C[C@H](NC(=O)CCCCl)c3ccccc3)c2=O)c1F. The number of halogens is 6. The maximum Gasteiger partial charge on any atom is 0.416 e. The topological polar surface area (TPSA) is 82.3 Å². The highest BCUT2D eigenvalue weighted by molar-refractivity contribution is 6.17. The Morgan fingerprint density at radius 3 is 2.31 bits per heavy atom. The number of nitrogens with one attached hydrogen (secondary N) is 1. The summed E-state index contributed by atoms with van der Waals surface area (Å²) in [6.07, 6.45) is -4.56. The largest absolute Gasteiger partial charge is 0.494 e. The predicted octanol–water partition coefficient (Wildman–Crippen LogP) is 6.22. The van der Waals surface area contributed by atoms with Crippen molar-refractivity contribution in [3.8, 4) is 16.9 Å². The first kappa shape index (κ1) is 33.4. The molecule has 0 aliphatic heterocycles. The molecule has 0 bridgehead atoms. The first-order chi connectivity index (χ1) is 21.4. The minimum Gasteiger partial charge on any atom is -0.494 e. The van der Waals surface area contributed by atoms with Gasteiger partial charge in [-0.05, 0) is 37.1 Å². The molecule has 4 aromatic rings. The number of methoxy groups -OCH3 is 1. The molecule has 3 aromatic carbocycles. The van der Waals surface area contributed by atoms with E-state index in [0.29, 0.717) is 22.6 Å². The Kier molecular flexibility index (Phi) is 10.5. The Hall–Kier alpha value is -4.45. The summed E-state index contributed by atoms with van der Waals surface area (Å²) in [5, 5.41) is 2.77. The summed E-state index contributed by atoms with van der Waals surface area (Å²) in [6, 6.07) is 13.8. The normalized spacial score (nSPS) is 12.2. The molecule has 13 heteroatoms. The predicted molar refractivity (Wildman–Crippen MR) is 159 cm³/mol. The van der Waals surface area contributed by atoms with Crippen LogP contribution < -0.4 is 21.3 Å². The maximum absolute atomic E-state index is 15.6. The smallest absolute Gasteiger partial charge is 0.416 e. The molecule has 0 fully saturated rings. The summed E-state index contributed by atoms with van der Waals surface area (Å²) in [7, 11) is 1.21. The number of nitrogens with zero attached hydrogens (tertiary/aromatic N) is 2. The number of ether oxygens (including phenoxy) is 1. The zero-order valence-electron chi connectivity index (χ0n) is 24.3. The van der Waals surface area contributed by atoms with Crippen LogP contribution in [0.2, 0.25) is 0 Å². The Morgan fingerprint density at radius 1 is 0.978 bits per heavy atom. The minimum absolute atomic E-state index is 0.0492. The van der Waals surface area contributed by atoms with Gasteiger partial charge in [0.2, 0.25) is 5.91 Å².